The SMILES string of the molecule is CCCCCCCCCC(=O)c1ccc(C(C)C)cc1. The third-order valence-electron chi connectivity index (χ3n) is 3.91. The van der Waals surface area contributed by atoms with Gasteiger partial charge in [-0.1, -0.05) is 83.6 Å². The van der Waals surface area contributed by atoms with Crippen LogP contribution in [-0.2, 0) is 0 Å². The van der Waals surface area contributed by atoms with Gasteiger partial charge in [-0.2, -0.15) is 0 Å². The van der Waals surface area contributed by atoms with E-state index in [1.807, 2.05) is 12.1 Å². The average Bonchev–Trinajstić information content (AvgIpc) is 2.46. The summed E-state index contributed by atoms with van der Waals surface area (Å²) in [5.74, 6) is 0.830. The summed E-state index contributed by atoms with van der Waals surface area (Å²) in [6, 6.07) is 8.14. The molecule has 0 aliphatic rings. The minimum atomic E-state index is 0.300. The van der Waals surface area contributed by atoms with E-state index in [1.54, 1.807) is 0 Å². The van der Waals surface area contributed by atoms with Gasteiger partial charge in [-0.25, -0.2) is 0 Å². The highest BCUT2D eigenvalue weighted by atomic mass is 16.1. The van der Waals surface area contributed by atoms with Crippen LogP contribution >= 0.6 is 0 Å². The number of hydrogen-bond acceptors (Lipinski definition) is 1. The molecule has 0 heterocycles. The van der Waals surface area contributed by atoms with E-state index in [1.165, 1.54) is 44.1 Å². The van der Waals surface area contributed by atoms with Crippen molar-refractivity contribution in [1.82, 2.24) is 0 Å². The largest absolute Gasteiger partial charge is 0.294 e. The summed E-state index contributed by atoms with van der Waals surface area (Å²) in [4.78, 5) is 12.1. The summed E-state index contributed by atoms with van der Waals surface area (Å²) in [5.41, 5.74) is 2.18. The summed E-state index contributed by atoms with van der Waals surface area (Å²) >= 11 is 0. The number of ketones is 1. The van der Waals surface area contributed by atoms with Crippen molar-refractivity contribution >= 4 is 5.78 Å². The lowest BCUT2D eigenvalue weighted by Crippen LogP contribution is -1.99. The molecule has 0 saturated heterocycles. The van der Waals surface area contributed by atoms with Crippen molar-refractivity contribution in [3.63, 3.8) is 0 Å². The molecule has 0 unspecified atom stereocenters. The van der Waals surface area contributed by atoms with Crippen molar-refractivity contribution in [3.05, 3.63) is 35.4 Å². The van der Waals surface area contributed by atoms with E-state index in [9.17, 15) is 4.79 Å². The zero-order valence-corrected chi connectivity index (χ0v) is 13.5. The molecule has 0 N–H and O–H groups in total. The molecule has 0 aromatic heterocycles. The molecule has 20 heavy (non-hydrogen) atoms. The van der Waals surface area contributed by atoms with E-state index < -0.39 is 0 Å². The Balaban J connectivity index is 2.22. The van der Waals surface area contributed by atoms with Crippen molar-refractivity contribution in [2.24, 2.45) is 0 Å². The Bertz CT molecular complexity index is 375. The smallest absolute Gasteiger partial charge is 0.162 e. The molecule has 112 valence electrons. The molecule has 1 nitrogen and oxygen atoms in total. The quantitative estimate of drug-likeness (QED) is 0.370. The number of Topliss-reactive ketones (excluding diaryl/α,β-unsaturated/α-hetero) is 1. The maximum Gasteiger partial charge on any atom is 0.162 e. The third-order valence-corrected chi connectivity index (χ3v) is 3.91. The van der Waals surface area contributed by atoms with Crippen molar-refractivity contribution in [1.29, 1.82) is 0 Å². The molecule has 0 bridgehead atoms. The van der Waals surface area contributed by atoms with E-state index in [-0.39, 0.29) is 0 Å². The average molecular weight is 274 g/mol. The van der Waals surface area contributed by atoms with E-state index in [0.717, 1.165) is 12.0 Å². The predicted octanol–water partition coefficient (Wildman–Crippen LogP) is 6.13. The second-order valence-corrected chi connectivity index (χ2v) is 6.07. The molecule has 0 fully saturated rings. The molecule has 1 aromatic rings. The van der Waals surface area contributed by atoms with Gasteiger partial charge >= 0.3 is 0 Å². The monoisotopic (exact) mass is 274 g/mol. The van der Waals surface area contributed by atoms with Crippen LogP contribution in [0.15, 0.2) is 24.3 Å². The normalized spacial score (nSPS) is 11.0. The minimum absolute atomic E-state index is 0.300. The molecular weight excluding hydrogens is 244 g/mol. The Kier molecular flexibility index (Phi) is 8.25. The lowest BCUT2D eigenvalue weighted by Gasteiger charge is -2.06. The summed E-state index contributed by atoms with van der Waals surface area (Å²) < 4.78 is 0. The highest BCUT2D eigenvalue weighted by Crippen LogP contribution is 2.16. The van der Waals surface area contributed by atoms with Crippen LogP contribution in [0.1, 0.15) is 94.0 Å². The van der Waals surface area contributed by atoms with Crippen molar-refractivity contribution < 1.29 is 4.79 Å². The zero-order valence-electron chi connectivity index (χ0n) is 13.5. The number of unbranched alkanes of at least 4 members (excludes halogenated alkanes) is 6. The van der Waals surface area contributed by atoms with Gasteiger partial charge in [0, 0.05) is 12.0 Å². The van der Waals surface area contributed by atoms with Gasteiger partial charge in [-0.3, -0.25) is 4.79 Å². The first-order chi connectivity index (χ1) is 9.65. The van der Waals surface area contributed by atoms with Crippen molar-refractivity contribution in [2.45, 2.75) is 78.1 Å². The highest BCUT2D eigenvalue weighted by molar-refractivity contribution is 5.96. The summed E-state index contributed by atoms with van der Waals surface area (Å²) in [6.07, 6.45) is 9.53. The molecule has 0 spiro atoms. The Morgan fingerprint density at radius 1 is 0.900 bits per heavy atom. The van der Waals surface area contributed by atoms with Gasteiger partial charge in [0.05, 0.1) is 0 Å². The van der Waals surface area contributed by atoms with E-state index in [2.05, 4.69) is 32.9 Å². The Labute approximate surface area is 124 Å². The predicted molar refractivity (Wildman–Crippen MR) is 87.5 cm³/mol. The van der Waals surface area contributed by atoms with Gasteiger partial charge in [0.1, 0.15) is 0 Å². The van der Waals surface area contributed by atoms with Gasteiger partial charge in [0.2, 0.25) is 0 Å². The second kappa shape index (κ2) is 9.74. The molecule has 0 atom stereocenters. The number of hydrogen-bond donors (Lipinski definition) is 0. The molecule has 1 aromatic carbocycles. The highest BCUT2D eigenvalue weighted by Gasteiger charge is 2.06. The van der Waals surface area contributed by atoms with Crippen LogP contribution in [0.5, 0.6) is 0 Å². The van der Waals surface area contributed by atoms with Crippen LogP contribution in [-0.4, -0.2) is 5.78 Å². The van der Waals surface area contributed by atoms with E-state index >= 15 is 0 Å². The maximum absolute atomic E-state index is 12.1. The fraction of sp³-hybridized carbons (Fsp3) is 0.632. The summed E-state index contributed by atoms with van der Waals surface area (Å²) in [7, 11) is 0. The lowest BCUT2D eigenvalue weighted by molar-refractivity contribution is 0.0979. The van der Waals surface area contributed by atoms with Crippen molar-refractivity contribution in [2.75, 3.05) is 0 Å². The zero-order chi connectivity index (χ0) is 14.8. The number of rotatable bonds is 10. The maximum atomic E-state index is 12.1. The third kappa shape index (κ3) is 6.36. The minimum Gasteiger partial charge on any atom is -0.294 e. The lowest BCUT2D eigenvalue weighted by atomic mass is 9.98. The number of carbonyl (C=O) groups is 1. The molecule has 1 rings (SSSR count). The van der Waals surface area contributed by atoms with E-state index in [0.29, 0.717) is 18.1 Å². The van der Waals surface area contributed by atoms with Gasteiger partial charge in [-0.05, 0) is 17.9 Å². The standard InChI is InChI=1S/C19H30O/c1-4-5-6-7-8-9-10-11-19(20)18-14-12-17(13-15-18)16(2)3/h12-16H,4-11H2,1-3H3. The first kappa shape index (κ1) is 16.9. The van der Waals surface area contributed by atoms with Crippen LogP contribution < -0.4 is 0 Å². The molecule has 0 radical (unpaired) electrons. The number of benzene rings is 1. The Hall–Kier alpha value is -1.11. The number of carbonyl (C=O) groups excluding carboxylic acids is 1. The first-order valence-electron chi connectivity index (χ1n) is 8.28. The molecule has 0 amide bonds. The molecule has 0 saturated carbocycles. The second-order valence-electron chi connectivity index (χ2n) is 6.07. The fourth-order valence-electron chi connectivity index (χ4n) is 2.44. The van der Waals surface area contributed by atoms with Gasteiger partial charge in [0.25, 0.3) is 0 Å². The van der Waals surface area contributed by atoms with Crippen LogP contribution in [0.25, 0.3) is 0 Å². The van der Waals surface area contributed by atoms with Gasteiger partial charge in [0.15, 0.2) is 5.78 Å². The van der Waals surface area contributed by atoms with Crippen LogP contribution in [0.2, 0.25) is 0 Å². The summed E-state index contributed by atoms with van der Waals surface area (Å²) in [6.45, 7) is 6.59. The molecule has 1 heteroatoms. The van der Waals surface area contributed by atoms with Crippen LogP contribution in [0, 0.1) is 0 Å². The van der Waals surface area contributed by atoms with Gasteiger partial charge in [-0.15, -0.1) is 0 Å². The molecular formula is C19H30O. The van der Waals surface area contributed by atoms with Crippen molar-refractivity contribution in [3.8, 4) is 0 Å². The van der Waals surface area contributed by atoms with Crippen LogP contribution in [0.4, 0.5) is 0 Å². The molecule has 0 aliphatic carbocycles. The Morgan fingerprint density at radius 2 is 1.45 bits per heavy atom. The first-order valence-corrected chi connectivity index (χ1v) is 8.28. The fourth-order valence-corrected chi connectivity index (χ4v) is 2.44. The topological polar surface area (TPSA) is 17.1 Å². The van der Waals surface area contributed by atoms with E-state index in [4.69, 9.17) is 0 Å². The van der Waals surface area contributed by atoms with Crippen LogP contribution in [0.3, 0.4) is 0 Å². The summed E-state index contributed by atoms with van der Waals surface area (Å²) in [5, 5.41) is 0. The van der Waals surface area contributed by atoms with Gasteiger partial charge < -0.3 is 0 Å². The Morgan fingerprint density at radius 3 is 2.00 bits per heavy atom. The molecule has 0 aliphatic heterocycles.